The molecule has 4 aromatic rings. The number of aliphatic hydroxyl groups excluding tert-OH is 3. The number of aromatic nitrogens is 8. The fraction of sp³-hybridized carbons (Fsp3) is 0.545. The second kappa shape index (κ2) is 14.5. The average molecular weight is 834 g/mol. The van der Waals surface area contributed by atoms with E-state index in [1.165, 1.54) is 29.6 Å². The van der Waals surface area contributed by atoms with E-state index in [4.69, 9.17) is 34.7 Å². The fourth-order valence-electron chi connectivity index (χ4n) is 5.67. The Kier molecular flexibility index (Phi) is 10.8. The molecule has 292 valence electrons. The lowest BCUT2D eigenvalue weighted by Gasteiger charge is -2.23. The van der Waals surface area contributed by atoms with Gasteiger partial charge in [0, 0.05) is 7.11 Å². The molecule has 0 amide bonds. The molecule has 6 rings (SSSR count). The van der Waals surface area contributed by atoms with Crippen LogP contribution in [0.4, 0.5) is 11.9 Å². The number of hydrogen-bond donors (Lipinski definition) is 10. The molecule has 2 fully saturated rings. The molecule has 0 spiro atoms. The summed E-state index contributed by atoms with van der Waals surface area (Å²) in [7, 11) is -8.15. The number of aliphatic hydroxyl groups is 3. The third-order valence-electron chi connectivity index (χ3n) is 7.93. The van der Waals surface area contributed by atoms with Gasteiger partial charge in [0.15, 0.2) is 23.7 Å². The lowest BCUT2D eigenvalue weighted by Crippen LogP contribution is -2.47. The predicted molar refractivity (Wildman–Crippen MR) is 175 cm³/mol. The van der Waals surface area contributed by atoms with Crippen molar-refractivity contribution >= 4 is 68.4 Å². The number of anilines is 2. The van der Waals surface area contributed by atoms with Gasteiger partial charge in [0.25, 0.3) is 17.1 Å². The van der Waals surface area contributed by atoms with Crippen LogP contribution < -0.4 is 27.2 Å². The standard InChI is InChI=1S/C22H31N10O17P3S/c1-30-6-32(16-10(30)18(37)29-22(24)27-16)20-14(43-2)12(34)8(47-20)4-45-51(40,41)49-52(42,53)48-50(38,39)44-3-7-11(33)13(35)19(46-7)31-5-25-9-15(31)26-21(23)28-17(9)36/h5-8,11-14,19-20,33-35H,3-4H2,1-2H3,(H8-,23,24,26,27,28,29,36,37,38,39,40,41,42,53)/p+1. The number of imidazole rings is 2. The van der Waals surface area contributed by atoms with E-state index in [0.717, 1.165) is 10.9 Å². The zero-order chi connectivity index (χ0) is 38.8. The number of phosphoric ester groups is 2. The van der Waals surface area contributed by atoms with Crippen molar-refractivity contribution in [2.75, 3.05) is 31.8 Å². The van der Waals surface area contributed by atoms with Gasteiger partial charge >= 0.3 is 28.0 Å². The Labute approximate surface area is 299 Å². The maximum absolute atomic E-state index is 12.7. The van der Waals surface area contributed by atoms with Gasteiger partial charge in [0.05, 0.1) is 26.6 Å². The van der Waals surface area contributed by atoms with Crippen LogP contribution in [-0.4, -0.2) is 121 Å². The molecule has 12 N–H and O–H groups in total. The molecule has 2 saturated heterocycles. The Morgan fingerprint density at radius 3 is 2.15 bits per heavy atom. The van der Waals surface area contributed by atoms with Crippen molar-refractivity contribution in [2.24, 2.45) is 7.05 Å². The van der Waals surface area contributed by atoms with Crippen molar-refractivity contribution in [1.29, 1.82) is 0 Å². The quantitative estimate of drug-likeness (QED) is 0.0456. The maximum Gasteiger partial charge on any atom is 0.479 e. The Morgan fingerprint density at radius 2 is 1.53 bits per heavy atom. The zero-order valence-electron chi connectivity index (χ0n) is 26.9. The molecule has 31 heteroatoms. The number of hydrogen-bond acceptors (Lipinski definition) is 20. The minimum absolute atomic E-state index is 0.0528. The first-order valence-corrected chi connectivity index (χ1v) is 20.4. The molecule has 4 aromatic heterocycles. The third kappa shape index (κ3) is 8.00. The number of H-pyrrole nitrogens is 2. The highest BCUT2D eigenvalue weighted by molar-refractivity contribution is 8.09. The number of phosphoric acid groups is 2. The van der Waals surface area contributed by atoms with Crippen molar-refractivity contribution in [3.63, 3.8) is 0 Å². The van der Waals surface area contributed by atoms with Gasteiger partial charge in [0.1, 0.15) is 36.6 Å². The Balaban J connectivity index is 1.06. The van der Waals surface area contributed by atoms with Crippen LogP contribution in [0.1, 0.15) is 12.5 Å². The van der Waals surface area contributed by atoms with Crippen LogP contribution in [0.5, 0.6) is 0 Å². The van der Waals surface area contributed by atoms with E-state index < -0.39 is 95.8 Å². The number of fused-ring (bicyclic) bond motifs is 2. The van der Waals surface area contributed by atoms with Gasteiger partial charge < -0.3 is 55.7 Å². The Hall–Kier alpha value is -3.11. The Bertz CT molecular complexity index is 2300. The highest BCUT2D eigenvalue weighted by atomic mass is 32.5. The summed E-state index contributed by atoms with van der Waals surface area (Å²) in [5.74, 6) is -0.499. The molecular weight excluding hydrogens is 801 g/mol. The summed E-state index contributed by atoms with van der Waals surface area (Å²) < 4.78 is 64.3. The molecule has 0 aromatic carbocycles. The molecule has 11 unspecified atom stereocenters. The van der Waals surface area contributed by atoms with E-state index in [1.807, 2.05) is 0 Å². The fourth-order valence-corrected chi connectivity index (χ4v) is 10.7. The number of nitrogens with one attached hydrogen (secondary N) is 2. The summed E-state index contributed by atoms with van der Waals surface area (Å²) in [6.07, 6.45) is -9.25. The predicted octanol–water partition coefficient (Wildman–Crippen LogP) is -3.78. The molecule has 6 heterocycles. The van der Waals surface area contributed by atoms with Crippen LogP contribution in [0.25, 0.3) is 22.3 Å². The lowest BCUT2D eigenvalue weighted by molar-refractivity contribution is -0.746. The number of nitrogens with zero attached hydrogens (tertiary/aromatic N) is 6. The summed E-state index contributed by atoms with van der Waals surface area (Å²) >= 11 is 4.60. The first kappa shape index (κ1) is 39.6. The number of nitrogens with two attached hydrogens (primary N) is 2. The van der Waals surface area contributed by atoms with Gasteiger partial charge in [-0.25, -0.2) is 27.3 Å². The normalized spacial score (nSPS) is 29.7. The molecule has 11 atom stereocenters. The third-order valence-corrected chi connectivity index (χ3v) is 13.4. The molecule has 0 saturated carbocycles. The van der Waals surface area contributed by atoms with E-state index in [1.54, 1.807) is 0 Å². The smallest absolute Gasteiger partial charge is 0.387 e. The Morgan fingerprint density at radius 1 is 0.943 bits per heavy atom. The summed E-state index contributed by atoms with van der Waals surface area (Å²) in [5.41, 5.74) is 9.84. The largest absolute Gasteiger partial charge is 0.479 e. The summed E-state index contributed by atoms with van der Waals surface area (Å²) in [6, 6.07) is 0. The van der Waals surface area contributed by atoms with Crippen LogP contribution in [-0.2, 0) is 59.9 Å². The molecule has 2 aliphatic rings. The molecule has 53 heavy (non-hydrogen) atoms. The summed E-state index contributed by atoms with van der Waals surface area (Å²) in [4.78, 5) is 71.8. The average Bonchev–Trinajstić information content (AvgIpc) is 3.77. The molecule has 27 nitrogen and oxygen atoms in total. The van der Waals surface area contributed by atoms with Crippen molar-refractivity contribution in [2.45, 2.75) is 49.1 Å². The number of aromatic amines is 2. The van der Waals surface area contributed by atoms with E-state index in [2.05, 4.69) is 45.3 Å². The number of nitrogen functional groups attached to an aromatic ring is 2. The van der Waals surface area contributed by atoms with Crippen LogP contribution >= 0.6 is 22.4 Å². The SMILES string of the molecule is COC1C(O)C(COP(=O)(O)OP(O)(=S)OP(=O)(O)OCC2OC(n3cnc4c(=O)[nH]c(N)nc43)C(O)C2O)OC1[n+]1cn(C)c2c(=O)[nH]c(N)nc21. The highest BCUT2D eigenvalue weighted by Gasteiger charge is 2.50. The number of methoxy groups -OCH3 is 1. The summed E-state index contributed by atoms with van der Waals surface area (Å²) in [6.45, 7) is -7.04. The summed E-state index contributed by atoms with van der Waals surface area (Å²) in [5, 5.41) is 31.9. The van der Waals surface area contributed by atoms with Crippen LogP contribution in [0.3, 0.4) is 0 Å². The molecule has 0 aliphatic carbocycles. The van der Waals surface area contributed by atoms with Gasteiger partial charge in [0.2, 0.25) is 17.7 Å². The highest BCUT2D eigenvalue weighted by Crippen LogP contribution is 2.68. The maximum atomic E-state index is 12.7. The topological polar surface area (TPSA) is 390 Å². The first-order chi connectivity index (χ1) is 24.7. The van der Waals surface area contributed by atoms with Crippen LogP contribution in [0, 0.1) is 0 Å². The van der Waals surface area contributed by atoms with E-state index in [-0.39, 0.29) is 34.2 Å². The van der Waals surface area contributed by atoms with Gasteiger partial charge in [-0.05, 0) is 11.8 Å². The second-order valence-electron chi connectivity index (χ2n) is 11.5. The number of rotatable bonds is 13. The minimum Gasteiger partial charge on any atom is -0.387 e. The van der Waals surface area contributed by atoms with Gasteiger partial charge in [-0.2, -0.15) is 4.98 Å². The molecule has 2 aliphatic heterocycles. The molecule has 0 radical (unpaired) electrons. The molecular formula is C22H32N10O17P3S+. The second-order valence-corrected chi connectivity index (χ2v) is 17.5. The zero-order valence-corrected chi connectivity index (χ0v) is 30.4. The van der Waals surface area contributed by atoms with E-state index in [9.17, 15) is 48.7 Å². The van der Waals surface area contributed by atoms with Gasteiger partial charge in [-0.3, -0.25) is 37.7 Å². The van der Waals surface area contributed by atoms with Crippen LogP contribution in [0.15, 0.2) is 22.2 Å². The first-order valence-electron chi connectivity index (χ1n) is 14.8. The molecule has 0 bridgehead atoms. The van der Waals surface area contributed by atoms with Crippen molar-refractivity contribution in [1.82, 2.24) is 34.1 Å². The lowest BCUT2D eigenvalue weighted by atomic mass is 10.1. The van der Waals surface area contributed by atoms with E-state index in [0.29, 0.717) is 0 Å². The number of ether oxygens (including phenoxy) is 3. The van der Waals surface area contributed by atoms with Crippen LogP contribution in [0.2, 0.25) is 0 Å². The van der Waals surface area contributed by atoms with Gasteiger partial charge in [-0.15, -0.1) is 0 Å². The van der Waals surface area contributed by atoms with Gasteiger partial charge in [-0.1, -0.05) is 4.98 Å². The van der Waals surface area contributed by atoms with Crippen molar-refractivity contribution in [3.05, 3.63) is 33.4 Å². The number of aryl methyl sites for hydroxylation is 1. The van der Waals surface area contributed by atoms with Crippen molar-refractivity contribution in [3.8, 4) is 0 Å². The monoisotopic (exact) mass is 833 g/mol. The van der Waals surface area contributed by atoms with E-state index >= 15 is 0 Å². The van der Waals surface area contributed by atoms with Crippen molar-refractivity contribution < 1.29 is 75.6 Å². The minimum atomic E-state index is -5.47.